The zero-order chi connectivity index (χ0) is 19.1. The zero-order valence-electron chi connectivity index (χ0n) is 15.7. The fourth-order valence-corrected chi connectivity index (χ4v) is 3.97. The van der Waals surface area contributed by atoms with Crippen molar-refractivity contribution in [1.82, 2.24) is 0 Å². The Hall–Kier alpha value is -1.81. The second kappa shape index (κ2) is 8.28. The van der Waals surface area contributed by atoms with Gasteiger partial charge in [-0.05, 0) is 45.8 Å². The predicted octanol–water partition coefficient (Wildman–Crippen LogP) is 0.0694. The molecule has 2 aromatic carbocycles. The topological polar surface area (TPSA) is 57.0 Å². The average molecular weight is 560 g/mol. The van der Waals surface area contributed by atoms with Crippen LogP contribution in [0.3, 0.4) is 0 Å². The molecule has 4 rings (SSSR count). The first kappa shape index (κ1) is 20.9. The standard InChI is InChI=1S/C20H19BrNO5.HI/c1-22-5-4-11-6-15(24-2)16(25-3)7-12(11)19(22)20(23)13-8-17-18(9-14(13)21)27-10-26-17;/h6-9H,4-5,10H2,1-3H3;1H/q+1;/p-1. The van der Waals surface area contributed by atoms with Gasteiger partial charge in [0.05, 0.1) is 19.8 Å². The SMILES string of the molecule is COc1cc2c(cc1OC)C(C(=O)c1cc3c(cc1Br)OCO3)=[N+](C)CC2.[I-]. The highest BCUT2D eigenvalue weighted by molar-refractivity contribution is 9.10. The first-order chi connectivity index (χ1) is 13.0. The van der Waals surface area contributed by atoms with Crippen LogP contribution in [-0.2, 0) is 6.42 Å². The number of fused-ring (bicyclic) bond motifs is 2. The molecule has 0 saturated carbocycles. The average Bonchev–Trinajstić information content (AvgIpc) is 3.12. The molecule has 148 valence electrons. The minimum atomic E-state index is -0.0872. The molecule has 8 heteroatoms. The molecule has 0 atom stereocenters. The summed E-state index contributed by atoms with van der Waals surface area (Å²) in [6.45, 7) is 0.904. The predicted molar refractivity (Wildman–Crippen MR) is 103 cm³/mol. The molecule has 0 aromatic heterocycles. The van der Waals surface area contributed by atoms with E-state index in [9.17, 15) is 4.79 Å². The maximum atomic E-state index is 13.5. The van der Waals surface area contributed by atoms with E-state index in [2.05, 4.69) is 15.9 Å². The normalized spacial score (nSPS) is 14.3. The Balaban J connectivity index is 0.00000225. The largest absolute Gasteiger partial charge is 1.00 e. The minimum Gasteiger partial charge on any atom is -1.00 e. The molecule has 0 amide bonds. The molecule has 28 heavy (non-hydrogen) atoms. The van der Waals surface area contributed by atoms with Crippen LogP contribution < -0.4 is 42.9 Å². The summed E-state index contributed by atoms with van der Waals surface area (Å²) in [5, 5.41) is 0. The fraction of sp³-hybridized carbons (Fsp3) is 0.300. The monoisotopic (exact) mass is 559 g/mol. The summed E-state index contributed by atoms with van der Waals surface area (Å²) in [5.74, 6) is 2.38. The van der Waals surface area contributed by atoms with E-state index in [1.54, 1.807) is 26.4 Å². The number of rotatable bonds is 4. The molecule has 0 saturated heterocycles. The van der Waals surface area contributed by atoms with Gasteiger partial charge in [-0.15, -0.1) is 0 Å². The number of hydrogen-bond acceptors (Lipinski definition) is 5. The lowest BCUT2D eigenvalue weighted by atomic mass is 9.91. The van der Waals surface area contributed by atoms with E-state index in [-0.39, 0.29) is 36.6 Å². The van der Waals surface area contributed by atoms with Crippen LogP contribution in [0.5, 0.6) is 23.0 Å². The van der Waals surface area contributed by atoms with Gasteiger partial charge in [-0.1, -0.05) is 0 Å². The zero-order valence-corrected chi connectivity index (χ0v) is 19.4. The third-order valence-corrected chi connectivity index (χ3v) is 5.54. The Morgan fingerprint density at radius 3 is 2.39 bits per heavy atom. The van der Waals surface area contributed by atoms with Gasteiger partial charge in [0.15, 0.2) is 23.0 Å². The van der Waals surface area contributed by atoms with Crippen LogP contribution in [-0.4, -0.2) is 50.7 Å². The molecule has 0 bridgehead atoms. The van der Waals surface area contributed by atoms with Crippen molar-refractivity contribution in [3.05, 3.63) is 45.4 Å². The van der Waals surface area contributed by atoms with Gasteiger partial charge in [0.1, 0.15) is 13.6 Å². The molecule has 2 aromatic rings. The van der Waals surface area contributed by atoms with Crippen LogP contribution in [0.1, 0.15) is 21.5 Å². The molecule has 0 N–H and O–H groups in total. The molecule has 6 nitrogen and oxygen atoms in total. The first-order valence-corrected chi connectivity index (χ1v) is 9.30. The van der Waals surface area contributed by atoms with Gasteiger partial charge in [0, 0.05) is 16.5 Å². The van der Waals surface area contributed by atoms with Crippen LogP contribution in [0.2, 0.25) is 0 Å². The number of Topliss-reactive ketones (excluding diaryl/α,β-unsaturated/α-hetero) is 1. The van der Waals surface area contributed by atoms with Crippen LogP contribution in [0.4, 0.5) is 0 Å². The van der Waals surface area contributed by atoms with Crippen molar-refractivity contribution in [2.45, 2.75) is 6.42 Å². The van der Waals surface area contributed by atoms with Gasteiger partial charge in [0.25, 0.3) is 11.5 Å². The molecule has 2 heterocycles. The van der Waals surface area contributed by atoms with Gasteiger partial charge < -0.3 is 42.9 Å². The highest BCUT2D eigenvalue weighted by Crippen LogP contribution is 2.38. The van der Waals surface area contributed by atoms with E-state index in [1.807, 2.05) is 23.8 Å². The quantitative estimate of drug-likeness (QED) is 0.301. The summed E-state index contributed by atoms with van der Waals surface area (Å²) in [7, 11) is 5.12. The molecule has 0 spiro atoms. The van der Waals surface area contributed by atoms with Crippen LogP contribution in [0.15, 0.2) is 28.7 Å². The molecular weight excluding hydrogens is 541 g/mol. The van der Waals surface area contributed by atoms with Gasteiger partial charge >= 0.3 is 0 Å². The number of ketones is 1. The smallest absolute Gasteiger partial charge is 0.258 e. The molecule has 2 aliphatic heterocycles. The summed E-state index contributed by atoms with van der Waals surface area (Å²) in [6.07, 6.45) is 0.825. The number of hydrogen-bond donors (Lipinski definition) is 0. The number of halogens is 2. The summed E-state index contributed by atoms with van der Waals surface area (Å²) in [4.78, 5) is 13.5. The van der Waals surface area contributed by atoms with E-state index in [1.165, 1.54) is 0 Å². The number of nitrogens with zero attached hydrogens (tertiary/aromatic N) is 1. The van der Waals surface area contributed by atoms with Gasteiger partial charge in [-0.25, -0.2) is 4.58 Å². The molecule has 0 fully saturated rings. The summed E-state index contributed by atoms with van der Waals surface area (Å²) in [6, 6.07) is 7.32. The van der Waals surface area contributed by atoms with E-state index in [4.69, 9.17) is 18.9 Å². The lowest BCUT2D eigenvalue weighted by Crippen LogP contribution is -3.00. The van der Waals surface area contributed by atoms with E-state index in [0.717, 1.165) is 24.1 Å². The van der Waals surface area contributed by atoms with Gasteiger partial charge in [0.2, 0.25) is 6.79 Å². The lowest BCUT2D eigenvalue weighted by Gasteiger charge is -2.19. The van der Waals surface area contributed by atoms with Crippen LogP contribution >= 0.6 is 15.9 Å². The summed E-state index contributed by atoms with van der Waals surface area (Å²) < 4.78 is 24.3. The van der Waals surface area contributed by atoms with E-state index >= 15 is 0 Å². The number of benzene rings is 2. The number of methoxy groups -OCH3 is 2. The first-order valence-electron chi connectivity index (χ1n) is 8.50. The Kier molecular flexibility index (Phi) is 6.18. The van der Waals surface area contributed by atoms with Crippen molar-refractivity contribution < 1.29 is 52.3 Å². The van der Waals surface area contributed by atoms with Crippen LogP contribution in [0.25, 0.3) is 0 Å². The van der Waals surface area contributed by atoms with Crippen molar-refractivity contribution in [2.24, 2.45) is 0 Å². The Morgan fingerprint density at radius 1 is 1.07 bits per heavy atom. The van der Waals surface area contributed by atoms with Gasteiger partial charge in [-0.3, -0.25) is 4.79 Å². The van der Waals surface area contributed by atoms with E-state index in [0.29, 0.717) is 38.7 Å². The summed E-state index contributed by atoms with van der Waals surface area (Å²) in [5.41, 5.74) is 3.07. The highest BCUT2D eigenvalue weighted by atomic mass is 127. The minimum absolute atomic E-state index is 0. The van der Waals surface area contributed by atoms with Crippen molar-refractivity contribution >= 4 is 27.4 Å². The number of likely N-dealkylation sites (N-methyl/N-ethyl adjacent to an activating group) is 1. The second-order valence-corrected chi connectivity index (χ2v) is 7.25. The third-order valence-electron chi connectivity index (χ3n) is 4.88. The van der Waals surface area contributed by atoms with Crippen molar-refractivity contribution in [1.29, 1.82) is 0 Å². The second-order valence-electron chi connectivity index (χ2n) is 6.40. The maximum Gasteiger partial charge on any atom is 0.258 e. The van der Waals surface area contributed by atoms with Crippen molar-refractivity contribution in [2.75, 3.05) is 34.6 Å². The van der Waals surface area contributed by atoms with Gasteiger partial charge in [-0.2, -0.15) is 0 Å². The molecule has 0 unspecified atom stereocenters. The molecule has 0 aliphatic carbocycles. The highest BCUT2D eigenvalue weighted by Gasteiger charge is 2.34. The number of carbonyl (C=O) groups is 1. The molecular formula is C20H19BrINO5. The Labute approximate surface area is 188 Å². The number of carbonyl (C=O) groups excluding carboxylic acids is 1. The Morgan fingerprint density at radius 2 is 1.71 bits per heavy atom. The van der Waals surface area contributed by atoms with E-state index < -0.39 is 0 Å². The molecule has 0 radical (unpaired) electrons. The summed E-state index contributed by atoms with van der Waals surface area (Å²) >= 11 is 3.50. The van der Waals surface area contributed by atoms with Crippen molar-refractivity contribution in [3.63, 3.8) is 0 Å². The lowest BCUT2D eigenvalue weighted by molar-refractivity contribution is -0.496. The maximum absolute atomic E-state index is 13.5. The Bertz CT molecular complexity index is 989. The third kappa shape index (κ3) is 3.47. The van der Waals surface area contributed by atoms with Crippen LogP contribution in [0, 0.1) is 0 Å². The molecule has 2 aliphatic rings. The van der Waals surface area contributed by atoms with Crippen molar-refractivity contribution in [3.8, 4) is 23.0 Å². The number of ether oxygens (including phenoxy) is 4. The fourth-order valence-electron chi connectivity index (χ4n) is 3.47.